The number of aromatic nitrogens is 2. The van der Waals surface area contributed by atoms with Crippen LogP contribution in [-0.2, 0) is 13.0 Å². The first-order chi connectivity index (χ1) is 7.81. The second-order valence-corrected chi connectivity index (χ2v) is 3.51. The molecule has 0 spiro atoms. The van der Waals surface area contributed by atoms with E-state index in [-0.39, 0.29) is 0 Å². The molecule has 1 aromatic heterocycles. The average Bonchev–Trinajstić information content (AvgIpc) is 2.69. The van der Waals surface area contributed by atoms with Crippen molar-refractivity contribution in [2.45, 2.75) is 13.0 Å². The summed E-state index contributed by atoms with van der Waals surface area (Å²) in [6, 6.07) is 12.1. The van der Waals surface area contributed by atoms with Crippen LogP contribution in [-0.4, -0.2) is 9.78 Å². The number of anilines is 1. The van der Waals surface area contributed by atoms with Gasteiger partial charge in [-0.3, -0.25) is 0 Å². The van der Waals surface area contributed by atoms with Crippen molar-refractivity contribution in [1.82, 2.24) is 9.78 Å². The Morgan fingerprint density at radius 3 is 2.69 bits per heavy atom. The van der Waals surface area contributed by atoms with Gasteiger partial charge in [-0.1, -0.05) is 30.3 Å². The molecule has 2 aromatic rings. The second kappa shape index (κ2) is 4.49. The number of hydrogen-bond acceptors (Lipinski definition) is 3. The first kappa shape index (κ1) is 10.2. The average molecular weight is 212 g/mol. The zero-order valence-electron chi connectivity index (χ0n) is 8.80. The summed E-state index contributed by atoms with van der Waals surface area (Å²) in [6.07, 6.45) is 2.36. The van der Waals surface area contributed by atoms with E-state index in [0.717, 1.165) is 6.42 Å². The Morgan fingerprint density at radius 1 is 1.31 bits per heavy atom. The van der Waals surface area contributed by atoms with E-state index in [0.29, 0.717) is 17.9 Å². The van der Waals surface area contributed by atoms with E-state index >= 15 is 0 Å². The van der Waals surface area contributed by atoms with Gasteiger partial charge < -0.3 is 5.73 Å². The number of rotatable bonds is 3. The van der Waals surface area contributed by atoms with Crippen LogP contribution in [0, 0.1) is 11.3 Å². The van der Waals surface area contributed by atoms with Gasteiger partial charge >= 0.3 is 0 Å². The van der Waals surface area contributed by atoms with Crippen LogP contribution in [0.2, 0.25) is 0 Å². The van der Waals surface area contributed by atoms with Crippen molar-refractivity contribution >= 4 is 5.82 Å². The minimum atomic E-state index is 0.438. The number of aryl methyl sites for hydroxylation is 2. The number of hydrogen-bond donors (Lipinski definition) is 1. The van der Waals surface area contributed by atoms with E-state index in [9.17, 15) is 0 Å². The van der Waals surface area contributed by atoms with Crippen LogP contribution in [0.15, 0.2) is 36.5 Å². The van der Waals surface area contributed by atoms with E-state index in [4.69, 9.17) is 11.0 Å². The summed E-state index contributed by atoms with van der Waals surface area (Å²) in [5.41, 5.74) is 7.43. The second-order valence-electron chi connectivity index (χ2n) is 3.51. The summed E-state index contributed by atoms with van der Waals surface area (Å²) in [5, 5.41) is 12.8. The van der Waals surface area contributed by atoms with Gasteiger partial charge in [-0.15, -0.1) is 0 Å². The fraction of sp³-hybridized carbons (Fsp3) is 0.167. The Kier molecular flexibility index (Phi) is 2.88. The third-order valence-corrected chi connectivity index (χ3v) is 2.46. The van der Waals surface area contributed by atoms with Gasteiger partial charge in [-0.2, -0.15) is 10.4 Å². The Hall–Kier alpha value is -2.28. The molecular weight excluding hydrogens is 200 g/mol. The van der Waals surface area contributed by atoms with Crippen LogP contribution in [0.5, 0.6) is 0 Å². The van der Waals surface area contributed by atoms with Crippen LogP contribution in [0.4, 0.5) is 5.82 Å². The lowest BCUT2D eigenvalue weighted by molar-refractivity contribution is 0.623. The third-order valence-electron chi connectivity index (χ3n) is 2.46. The molecule has 0 saturated carbocycles. The van der Waals surface area contributed by atoms with Crippen LogP contribution >= 0.6 is 0 Å². The topological polar surface area (TPSA) is 67.6 Å². The molecule has 16 heavy (non-hydrogen) atoms. The van der Waals surface area contributed by atoms with E-state index in [1.54, 1.807) is 4.68 Å². The van der Waals surface area contributed by atoms with Crippen LogP contribution < -0.4 is 5.73 Å². The van der Waals surface area contributed by atoms with Crippen molar-refractivity contribution in [3.8, 4) is 6.07 Å². The summed E-state index contributed by atoms with van der Waals surface area (Å²) in [4.78, 5) is 0. The summed E-state index contributed by atoms with van der Waals surface area (Å²) < 4.78 is 1.66. The summed E-state index contributed by atoms with van der Waals surface area (Å²) in [5.74, 6) is 0.443. The molecule has 0 fully saturated rings. The highest BCUT2D eigenvalue weighted by molar-refractivity contribution is 5.47. The highest BCUT2D eigenvalue weighted by atomic mass is 15.3. The third kappa shape index (κ3) is 2.04. The number of nitriles is 1. The van der Waals surface area contributed by atoms with Gasteiger partial charge in [0.1, 0.15) is 17.5 Å². The lowest BCUT2D eigenvalue weighted by Crippen LogP contribution is -2.07. The van der Waals surface area contributed by atoms with Gasteiger partial charge in [0.2, 0.25) is 0 Å². The Bertz CT molecular complexity index is 508. The number of benzene rings is 1. The standard InChI is InChI=1S/C12H12N4/c13-8-11-9-15-16(12(11)14)7-6-10-4-2-1-3-5-10/h1-5,9H,6-7,14H2. The minimum Gasteiger partial charge on any atom is -0.383 e. The first-order valence-electron chi connectivity index (χ1n) is 5.06. The highest BCUT2D eigenvalue weighted by Gasteiger charge is 2.05. The fourth-order valence-electron chi connectivity index (χ4n) is 1.54. The van der Waals surface area contributed by atoms with Gasteiger partial charge in [0, 0.05) is 6.54 Å². The molecule has 4 heteroatoms. The van der Waals surface area contributed by atoms with Gasteiger partial charge in [0.25, 0.3) is 0 Å². The van der Waals surface area contributed by atoms with Crippen LogP contribution in [0.3, 0.4) is 0 Å². The Labute approximate surface area is 93.9 Å². The lowest BCUT2D eigenvalue weighted by Gasteiger charge is -2.03. The van der Waals surface area contributed by atoms with Crippen molar-refractivity contribution in [2.75, 3.05) is 5.73 Å². The van der Waals surface area contributed by atoms with Crippen LogP contribution in [0.25, 0.3) is 0 Å². The van der Waals surface area contributed by atoms with E-state index in [1.807, 2.05) is 24.3 Å². The SMILES string of the molecule is N#Cc1cnn(CCc2ccccc2)c1N. The summed E-state index contributed by atoms with van der Waals surface area (Å²) in [7, 11) is 0. The molecule has 0 radical (unpaired) electrons. The summed E-state index contributed by atoms with van der Waals surface area (Å²) >= 11 is 0. The van der Waals surface area contributed by atoms with Gasteiger partial charge in [-0.05, 0) is 12.0 Å². The normalized spacial score (nSPS) is 9.94. The Morgan fingerprint density at radius 2 is 2.06 bits per heavy atom. The monoisotopic (exact) mass is 212 g/mol. The molecule has 0 bridgehead atoms. The predicted molar refractivity (Wildman–Crippen MR) is 61.5 cm³/mol. The minimum absolute atomic E-state index is 0.438. The molecule has 2 N–H and O–H groups in total. The van der Waals surface area contributed by atoms with Gasteiger partial charge in [-0.25, -0.2) is 4.68 Å². The largest absolute Gasteiger partial charge is 0.383 e. The highest BCUT2D eigenvalue weighted by Crippen LogP contribution is 2.10. The first-order valence-corrected chi connectivity index (χ1v) is 5.06. The molecule has 0 saturated heterocycles. The lowest BCUT2D eigenvalue weighted by atomic mass is 10.1. The fourth-order valence-corrected chi connectivity index (χ4v) is 1.54. The molecule has 0 atom stereocenters. The molecule has 1 aromatic carbocycles. The van der Waals surface area contributed by atoms with Crippen molar-refractivity contribution in [3.63, 3.8) is 0 Å². The summed E-state index contributed by atoms with van der Waals surface area (Å²) in [6.45, 7) is 0.692. The molecule has 0 amide bonds. The molecular formula is C12H12N4. The molecule has 2 rings (SSSR count). The van der Waals surface area contributed by atoms with Gasteiger partial charge in [0.15, 0.2) is 0 Å². The molecule has 0 aliphatic rings. The van der Waals surface area contributed by atoms with Crippen molar-refractivity contribution in [3.05, 3.63) is 47.7 Å². The zero-order valence-corrected chi connectivity index (χ0v) is 8.80. The van der Waals surface area contributed by atoms with E-state index < -0.39 is 0 Å². The maximum Gasteiger partial charge on any atom is 0.139 e. The maximum absolute atomic E-state index is 8.73. The molecule has 0 aliphatic heterocycles. The number of nitrogens with two attached hydrogens (primary N) is 1. The van der Waals surface area contributed by atoms with Crippen molar-refractivity contribution in [2.24, 2.45) is 0 Å². The maximum atomic E-state index is 8.73. The van der Waals surface area contributed by atoms with Crippen molar-refractivity contribution in [1.29, 1.82) is 5.26 Å². The number of nitrogens with zero attached hydrogens (tertiary/aromatic N) is 3. The van der Waals surface area contributed by atoms with Gasteiger partial charge in [0.05, 0.1) is 6.20 Å². The molecule has 4 nitrogen and oxygen atoms in total. The molecule has 80 valence electrons. The van der Waals surface area contributed by atoms with E-state index in [1.165, 1.54) is 11.8 Å². The zero-order chi connectivity index (χ0) is 11.4. The van der Waals surface area contributed by atoms with Crippen LogP contribution in [0.1, 0.15) is 11.1 Å². The molecule has 0 aliphatic carbocycles. The molecule has 0 unspecified atom stereocenters. The quantitative estimate of drug-likeness (QED) is 0.839. The van der Waals surface area contributed by atoms with Crippen molar-refractivity contribution < 1.29 is 0 Å². The Balaban J connectivity index is 2.06. The molecule has 1 heterocycles. The smallest absolute Gasteiger partial charge is 0.139 e. The van der Waals surface area contributed by atoms with E-state index in [2.05, 4.69) is 17.2 Å². The predicted octanol–water partition coefficient (Wildman–Crippen LogP) is 1.58. The number of nitrogen functional groups attached to an aromatic ring is 1.